The smallest absolute Gasteiger partial charge is 0.347 e. The normalized spacial score (nSPS) is 10.7. The number of carbonyl (C=O) groups excluding carboxylic acids is 1. The molecule has 1 aromatic rings. The van der Waals surface area contributed by atoms with E-state index in [2.05, 4.69) is 15.9 Å². The molecular formula is C15H13BrN2O3. The number of ether oxygens (including phenoxy) is 2. The van der Waals surface area contributed by atoms with Crippen LogP contribution >= 0.6 is 15.9 Å². The largest absolute Gasteiger partial charge is 0.478 e. The van der Waals surface area contributed by atoms with Gasteiger partial charge in [0.1, 0.15) is 23.5 Å². The Balaban J connectivity index is 2.90. The summed E-state index contributed by atoms with van der Waals surface area (Å²) in [4.78, 5) is 11.5. The number of rotatable bonds is 5. The van der Waals surface area contributed by atoms with E-state index < -0.39 is 12.1 Å². The molecule has 21 heavy (non-hydrogen) atoms. The highest BCUT2D eigenvalue weighted by molar-refractivity contribution is 9.10. The monoisotopic (exact) mass is 348 g/mol. The maximum absolute atomic E-state index is 11.5. The van der Waals surface area contributed by atoms with Crippen molar-refractivity contribution in [1.29, 1.82) is 10.5 Å². The van der Waals surface area contributed by atoms with E-state index in [-0.39, 0.29) is 5.57 Å². The molecule has 108 valence electrons. The van der Waals surface area contributed by atoms with Gasteiger partial charge in [0.2, 0.25) is 0 Å². The third kappa shape index (κ3) is 4.94. The first-order valence-electron chi connectivity index (χ1n) is 6.16. The van der Waals surface area contributed by atoms with Crippen molar-refractivity contribution < 1.29 is 14.3 Å². The molecule has 0 aliphatic rings. The molecule has 0 heterocycles. The van der Waals surface area contributed by atoms with Gasteiger partial charge in [-0.2, -0.15) is 10.5 Å². The molecule has 0 saturated carbocycles. The molecule has 5 nitrogen and oxygen atoms in total. The van der Waals surface area contributed by atoms with Crippen molar-refractivity contribution in [1.82, 2.24) is 0 Å². The summed E-state index contributed by atoms with van der Waals surface area (Å²) in [6, 6.07) is 8.61. The summed E-state index contributed by atoms with van der Waals surface area (Å²) in [5, 5.41) is 17.4. The Labute approximate surface area is 131 Å². The summed E-state index contributed by atoms with van der Waals surface area (Å²) in [7, 11) is 0. The Kier molecular flexibility index (Phi) is 6.45. The van der Waals surface area contributed by atoms with Gasteiger partial charge in [-0.3, -0.25) is 0 Å². The molecule has 6 heteroatoms. The Hall–Kier alpha value is -2.31. The van der Waals surface area contributed by atoms with Crippen molar-refractivity contribution >= 4 is 28.0 Å². The Bertz CT molecular complexity index is 625. The zero-order chi connectivity index (χ0) is 15.8. The first-order valence-corrected chi connectivity index (χ1v) is 6.95. The van der Waals surface area contributed by atoms with Crippen molar-refractivity contribution in [3.05, 3.63) is 33.8 Å². The van der Waals surface area contributed by atoms with Gasteiger partial charge in [0, 0.05) is 0 Å². The summed E-state index contributed by atoms with van der Waals surface area (Å²) in [6.07, 6.45) is 0.736. The lowest BCUT2D eigenvalue weighted by atomic mass is 10.1. The second-order valence-electron chi connectivity index (χ2n) is 3.98. The molecule has 1 aromatic carbocycles. The quantitative estimate of drug-likeness (QED) is 0.602. The Morgan fingerprint density at radius 1 is 1.43 bits per heavy atom. The minimum atomic E-state index is -0.726. The molecule has 0 amide bonds. The summed E-state index contributed by atoms with van der Waals surface area (Å²) in [5.41, 5.74) is 0.687. The third-order valence-corrected chi connectivity index (χ3v) is 3.05. The highest BCUT2D eigenvalue weighted by Gasteiger charge is 2.17. The molecular weight excluding hydrogens is 336 g/mol. The second kappa shape index (κ2) is 8.08. The predicted octanol–water partition coefficient (Wildman–Crippen LogP) is 3.21. The molecule has 0 saturated heterocycles. The predicted molar refractivity (Wildman–Crippen MR) is 80.1 cm³/mol. The number of benzene rings is 1. The molecule has 0 fully saturated rings. The van der Waals surface area contributed by atoms with E-state index in [1.807, 2.05) is 0 Å². The van der Waals surface area contributed by atoms with E-state index in [4.69, 9.17) is 20.0 Å². The minimum absolute atomic E-state index is 0.00969. The topological polar surface area (TPSA) is 83.1 Å². The fourth-order valence-electron chi connectivity index (χ4n) is 1.46. The molecule has 0 aromatic heterocycles. The fourth-order valence-corrected chi connectivity index (χ4v) is 1.95. The van der Waals surface area contributed by atoms with Crippen LogP contribution < -0.4 is 4.74 Å². The highest BCUT2D eigenvalue weighted by atomic mass is 79.9. The van der Waals surface area contributed by atoms with Crippen LogP contribution in [-0.4, -0.2) is 18.7 Å². The summed E-state index contributed by atoms with van der Waals surface area (Å²) in [6.45, 7) is 3.62. The van der Waals surface area contributed by atoms with Crippen LogP contribution in [0.25, 0.3) is 6.08 Å². The maximum Gasteiger partial charge on any atom is 0.347 e. The third-order valence-electron chi connectivity index (χ3n) is 2.43. The number of halogens is 1. The van der Waals surface area contributed by atoms with E-state index in [9.17, 15) is 4.79 Å². The number of esters is 1. The average molecular weight is 349 g/mol. The van der Waals surface area contributed by atoms with Crippen molar-refractivity contribution in [2.24, 2.45) is 0 Å². The minimum Gasteiger partial charge on any atom is -0.478 e. The van der Waals surface area contributed by atoms with E-state index in [1.165, 1.54) is 6.08 Å². The van der Waals surface area contributed by atoms with Crippen LogP contribution in [0, 0.1) is 22.7 Å². The van der Waals surface area contributed by atoms with Gasteiger partial charge in [-0.15, -0.1) is 0 Å². The molecule has 0 spiro atoms. The van der Waals surface area contributed by atoms with E-state index in [0.29, 0.717) is 22.4 Å². The first-order chi connectivity index (χ1) is 10.0. The number of allylic oxidation sites excluding steroid dienone is 1. The lowest BCUT2D eigenvalue weighted by molar-refractivity contribution is -0.150. The molecule has 0 unspecified atom stereocenters. The molecule has 0 radical (unpaired) electrons. The number of hydrogen-bond acceptors (Lipinski definition) is 5. The van der Waals surface area contributed by atoms with Crippen molar-refractivity contribution in [2.75, 3.05) is 6.61 Å². The van der Waals surface area contributed by atoms with E-state index >= 15 is 0 Å². The fraction of sp³-hybridized carbons (Fsp3) is 0.267. The molecule has 1 atom stereocenters. The van der Waals surface area contributed by atoms with Crippen LogP contribution in [0.5, 0.6) is 5.75 Å². The molecule has 1 rings (SSSR count). The van der Waals surface area contributed by atoms with Crippen LogP contribution in [0.4, 0.5) is 0 Å². The number of carbonyl (C=O) groups is 1. The number of nitriles is 2. The van der Waals surface area contributed by atoms with Crippen LogP contribution in [0.3, 0.4) is 0 Å². The summed E-state index contributed by atoms with van der Waals surface area (Å²) < 4.78 is 11.0. The Morgan fingerprint density at radius 3 is 2.62 bits per heavy atom. The highest BCUT2D eigenvalue weighted by Crippen LogP contribution is 2.28. The number of hydrogen-bond donors (Lipinski definition) is 0. The molecule has 0 aliphatic carbocycles. The lowest BCUT2D eigenvalue weighted by Gasteiger charge is -2.14. The zero-order valence-corrected chi connectivity index (χ0v) is 13.2. The van der Waals surface area contributed by atoms with Crippen LogP contribution in [0.2, 0.25) is 0 Å². The van der Waals surface area contributed by atoms with Gasteiger partial charge in [-0.05, 0) is 53.5 Å². The van der Waals surface area contributed by atoms with Gasteiger partial charge >= 0.3 is 5.97 Å². The summed E-state index contributed by atoms with van der Waals surface area (Å²) >= 11 is 3.33. The zero-order valence-electron chi connectivity index (χ0n) is 11.6. The SMILES string of the molecule is CCOC(=O)[C@@H](C)Oc1ccc(C=C(C#N)C#N)cc1Br. The van der Waals surface area contributed by atoms with Gasteiger partial charge in [-0.25, -0.2) is 4.79 Å². The van der Waals surface area contributed by atoms with Crippen LogP contribution in [-0.2, 0) is 9.53 Å². The lowest BCUT2D eigenvalue weighted by Crippen LogP contribution is -2.26. The number of nitrogens with zero attached hydrogens (tertiary/aromatic N) is 2. The first kappa shape index (κ1) is 16.7. The van der Waals surface area contributed by atoms with E-state index in [1.54, 1.807) is 44.2 Å². The average Bonchev–Trinajstić information content (AvgIpc) is 2.47. The van der Waals surface area contributed by atoms with Gasteiger partial charge in [0.15, 0.2) is 6.10 Å². The van der Waals surface area contributed by atoms with Crippen LogP contribution in [0.1, 0.15) is 19.4 Å². The Morgan fingerprint density at radius 2 is 2.10 bits per heavy atom. The van der Waals surface area contributed by atoms with Gasteiger partial charge in [0.25, 0.3) is 0 Å². The maximum atomic E-state index is 11.5. The molecule has 0 aliphatic heterocycles. The molecule has 0 bridgehead atoms. The van der Waals surface area contributed by atoms with Gasteiger partial charge < -0.3 is 9.47 Å². The van der Waals surface area contributed by atoms with Gasteiger partial charge in [-0.1, -0.05) is 6.07 Å². The second-order valence-corrected chi connectivity index (χ2v) is 4.84. The standard InChI is InChI=1S/C15H13BrN2O3/c1-3-20-15(19)10(2)21-14-5-4-11(7-13(14)16)6-12(8-17)9-18/h4-7,10H,3H2,1-2H3/t10-/m1/s1. The molecule has 0 N–H and O–H groups in total. The van der Waals surface area contributed by atoms with Crippen LogP contribution in [0.15, 0.2) is 28.2 Å². The van der Waals surface area contributed by atoms with Crippen molar-refractivity contribution in [3.63, 3.8) is 0 Å². The summed E-state index contributed by atoms with van der Waals surface area (Å²) in [5.74, 6) is 0.0350. The van der Waals surface area contributed by atoms with E-state index in [0.717, 1.165) is 0 Å². The van der Waals surface area contributed by atoms with Crippen molar-refractivity contribution in [3.8, 4) is 17.9 Å². The van der Waals surface area contributed by atoms with Crippen molar-refractivity contribution in [2.45, 2.75) is 20.0 Å². The van der Waals surface area contributed by atoms with Gasteiger partial charge in [0.05, 0.1) is 11.1 Å².